The summed E-state index contributed by atoms with van der Waals surface area (Å²) < 4.78 is 13.6. The van der Waals surface area contributed by atoms with E-state index in [-0.39, 0.29) is 29.7 Å². The Morgan fingerprint density at radius 2 is 2.00 bits per heavy atom. The molecule has 3 atom stereocenters. The minimum atomic E-state index is -0.364. The molecule has 132 valence electrons. The van der Waals surface area contributed by atoms with Crippen molar-refractivity contribution < 1.29 is 9.18 Å². The van der Waals surface area contributed by atoms with Gasteiger partial charge in [-0.1, -0.05) is 49.4 Å². The summed E-state index contributed by atoms with van der Waals surface area (Å²) in [7, 11) is 0. The third-order valence-electron chi connectivity index (χ3n) is 4.87. The van der Waals surface area contributed by atoms with Gasteiger partial charge in [0.05, 0.1) is 12.0 Å². The van der Waals surface area contributed by atoms with Crippen LogP contribution in [0, 0.1) is 11.7 Å². The second-order valence-electron chi connectivity index (χ2n) is 6.53. The SMILES string of the molecule is CC(C(=O)N1CCNCC1c1cccc(F)c1)C(N)c1ccccc1. The first-order valence-electron chi connectivity index (χ1n) is 8.65. The molecule has 0 aliphatic carbocycles. The van der Waals surface area contributed by atoms with Crippen molar-refractivity contribution in [2.75, 3.05) is 19.6 Å². The highest BCUT2D eigenvalue weighted by molar-refractivity contribution is 5.80. The zero-order valence-corrected chi connectivity index (χ0v) is 14.4. The van der Waals surface area contributed by atoms with E-state index in [2.05, 4.69) is 5.32 Å². The van der Waals surface area contributed by atoms with E-state index in [1.165, 1.54) is 12.1 Å². The van der Waals surface area contributed by atoms with Gasteiger partial charge in [-0.05, 0) is 23.3 Å². The topological polar surface area (TPSA) is 58.4 Å². The molecule has 0 bridgehead atoms. The van der Waals surface area contributed by atoms with Crippen molar-refractivity contribution in [3.05, 3.63) is 71.5 Å². The Hall–Kier alpha value is -2.24. The first-order valence-corrected chi connectivity index (χ1v) is 8.65. The summed E-state index contributed by atoms with van der Waals surface area (Å²) in [5.41, 5.74) is 8.08. The van der Waals surface area contributed by atoms with Crippen molar-refractivity contribution in [2.24, 2.45) is 11.7 Å². The summed E-state index contributed by atoms with van der Waals surface area (Å²) in [4.78, 5) is 14.9. The van der Waals surface area contributed by atoms with Crippen LogP contribution in [0.2, 0.25) is 0 Å². The molecule has 0 spiro atoms. The molecule has 4 nitrogen and oxygen atoms in total. The number of benzene rings is 2. The largest absolute Gasteiger partial charge is 0.333 e. The lowest BCUT2D eigenvalue weighted by Crippen LogP contribution is -2.51. The van der Waals surface area contributed by atoms with Gasteiger partial charge in [-0.15, -0.1) is 0 Å². The second-order valence-corrected chi connectivity index (χ2v) is 6.53. The number of carbonyl (C=O) groups is 1. The zero-order valence-electron chi connectivity index (χ0n) is 14.4. The highest BCUT2D eigenvalue weighted by Crippen LogP contribution is 2.28. The van der Waals surface area contributed by atoms with Crippen LogP contribution in [0.1, 0.15) is 30.1 Å². The number of nitrogens with one attached hydrogen (secondary N) is 1. The minimum absolute atomic E-state index is 0.00659. The molecule has 3 rings (SSSR count). The molecule has 1 saturated heterocycles. The van der Waals surface area contributed by atoms with E-state index >= 15 is 0 Å². The van der Waals surface area contributed by atoms with Crippen molar-refractivity contribution in [3.63, 3.8) is 0 Å². The molecular formula is C20H24FN3O. The Morgan fingerprint density at radius 3 is 2.72 bits per heavy atom. The number of nitrogens with zero attached hydrogens (tertiary/aromatic N) is 1. The van der Waals surface area contributed by atoms with Gasteiger partial charge in [0.15, 0.2) is 0 Å². The number of rotatable bonds is 4. The van der Waals surface area contributed by atoms with Gasteiger partial charge in [-0.2, -0.15) is 0 Å². The van der Waals surface area contributed by atoms with Crippen LogP contribution in [0.15, 0.2) is 54.6 Å². The number of hydrogen-bond donors (Lipinski definition) is 2. The van der Waals surface area contributed by atoms with E-state index in [4.69, 9.17) is 5.73 Å². The van der Waals surface area contributed by atoms with E-state index in [1.54, 1.807) is 6.07 Å². The summed E-state index contributed by atoms with van der Waals surface area (Å²) >= 11 is 0. The summed E-state index contributed by atoms with van der Waals surface area (Å²) in [6.45, 7) is 3.80. The Kier molecular flexibility index (Phi) is 5.46. The summed E-state index contributed by atoms with van der Waals surface area (Å²) in [5.74, 6) is -0.631. The Bertz CT molecular complexity index is 722. The van der Waals surface area contributed by atoms with E-state index in [9.17, 15) is 9.18 Å². The fourth-order valence-corrected chi connectivity index (χ4v) is 3.36. The van der Waals surface area contributed by atoms with Crippen LogP contribution in [-0.4, -0.2) is 30.4 Å². The molecule has 1 aliphatic heterocycles. The average Bonchev–Trinajstić information content (AvgIpc) is 2.67. The lowest BCUT2D eigenvalue weighted by molar-refractivity contribution is -0.139. The number of hydrogen-bond acceptors (Lipinski definition) is 3. The van der Waals surface area contributed by atoms with Crippen LogP contribution < -0.4 is 11.1 Å². The molecule has 1 aliphatic rings. The van der Waals surface area contributed by atoms with Crippen molar-refractivity contribution in [2.45, 2.75) is 19.0 Å². The monoisotopic (exact) mass is 341 g/mol. The Morgan fingerprint density at radius 1 is 1.24 bits per heavy atom. The first-order chi connectivity index (χ1) is 12.1. The summed E-state index contributed by atoms with van der Waals surface area (Å²) in [5, 5.41) is 3.29. The summed E-state index contributed by atoms with van der Waals surface area (Å²) in [6.07, 6.45) is 0. The number of piperazine rings is 1. The third-order valence-corrected chi connectivity index (χ3v) is 4.87. The van der Waals surface area contributed by atoms with Gasteiger partial charge in [0.25, 0.3) is 0 Å². The zero-order chi connectivity index (χ0) is 17.8. The van der Waals surface area contributed by atoms with E-state index in [0.29, 0.717) is 13.1 Å². The van der Waals surface area contributed by atoms with Gasteiger partial charge in [0.1, 0.15) is 5.82 Å². The fraction of sp³-hybridized carbons (Fsp3) is 0.350. The number of carbonyl (C=O) groups excluding carboxylic acids is 1. The van der Waals surface area contributed by atoms with Gasteiger partial charge in [0.2, 0.25) is 5.91 Å². The van der Waals surface area contributed by atoms with Gasteiger partial charge < -0.3 is 16.0 Å². The predicted molar refractivity (Wildman–Crippen MR) is 96.3 cm³/mol. The molecule has 3 unspecified atom stereocenters. The van der Waals surface area contributed by atoms with Crippen LogP contribution in [0.4, 0.5) is 4.39 Å². The molecule has 2 aromatic rings. The molecule has 1 fully saturated rings. The Labute approximate surface area is 147 Å². The highest BCUT2D eigenvalue weighted by atomic mass is 19.1. The molecule has 0 radical (unpaired) electrons. The highest BCUT2D eigenvalue weighted by Gasteiger charge is 2.33. The van der Waals surface area contributed by atoms with Gasteiger partial charge in [-0.25, -0.2) is 4.39 Å². The smallest absolute Gasteiger partial charge is 0.227 e. The molecule has 2 aromatic carbocycles. The molecule has 0 saturated carbocycles. The van der Waals surface area contributed by atoms with E-state index < -0.39 is 0 Å². The predicted octanol–water partition coefficient (Wildman–Crippen LogP) is 2.63. The average molecular weight is 341 g/mol. The molecule has 0 aromatic heterocycles. The first kappa shape index (κ1) is 17.6. The maximum absolute atomic E-state index is 13.6. The molecule has 25 heavy (non-hydrogen) atoms. The Balaban J connectivity index is 1.81. The third kappa shape index (κ3) is 3.89. The number of nitrogens with two attached hydrogens (primary N) is 1. The van der Waals surface area contributed by atoms with Crippen LogP contribution in [0.5, 0.6) is 0 Å². The molecule has 5 heteroatoms. The van der Waals surface area contributed by atoms with Crippen molar-refractivity contribution in [1.29, 1.82) is 0 Å². The standard InChI is InChI=1S/C20H24FN3O/c1-14(19(22)15-6-3-2-4-7-15)20(25)24-11-10-23-13-18(24)16-8-5-9-17(21)12-16/h2-9,12,14,18-19,23H,10-11,13,22H2,1H3. The molecular weight excluding hydrogens is 317 g/mol. The number of amides is 1. The van der Waals surface area contributed by atoms with Gasteiger partial charge in [-0.3, -0.25) is 4.79 Å². The molecule has 1 heterocycles. The van der Waals surface area contributed by atoms with Gasteiger partial charge >= 0.3 is 0 Å². The maximum atomic E-state index is 13.6. The lowest BCUT2D eigenvalue weighted by Gasteiger charge is -2.39. The van der Waals surface area contributed by atoms with Crippen molar-refractivity contribution >= 4 is 5.91 Å². The lowest BCUT2D eigenvalue weighted by atomic mass is 9.92. The fourth-order valence-electron chi connectivity index (χ4n) is 3.36. The van der Waals surface area contributed by atoms with Crippen LogP contribution >= 0.6 is 0 Å². The normalized spacial score (nSPS) is 20.1. The van der Waals surface area contributed by atoms with Crippen LogP contribution in [-0.2, 0) is 4.79 Å². The van der Waals surface area contributed by atoms with Crippen LogP contribution in [0.25, 0.3) is 0 Å². The van der Waals surface area contributed by atoms with Crippen molar-refractivity contribution in [3.8, 4) is 0 Å². The molecule has 3 N–H and O–H groups in total. The van der Waals surface area contributed by atoms with E-state index in [0.717, 1.165) is 17.7 Å². The quantitative estimate of drug-likeness (QED) is 0.899. The maximum Gasteiger partial charge on any atom is 0.227 e. The molecule has 1 amide bonds. The van der Waals surface area contributed by atoms with Crippen LogP contribution in [0.3, 0.4) is 0 Å². The summed E-state index contributed by atoms with van der Waals surface area (Å²) in [6, 6.07) is 15.6. The second kappa shape index (κ2) is 7.76. The van der Waals surface area contributed by atoms with Crippen molar-refractivity contribution in [1.82, 2.24) is 10.2 Å². The minimum Gasteiger partial charge on any atom is -0.333 e. The number of halogens is 1. The van der Waals surface area contributed by atoms with Gasteiger partial charge in [0, 0.05) is 25.7 Å². The van der Waals surface area contributed by atoms with E-state index in [1.807, 2.05) is 48.2 Å².